The van der Waals surface area contributed by atoms with Crippen LogP contribution in [0.25, 0.3) is 0 Å². The van der Waals surface area contributed by atoms with E-state index in [1.807, 2.05) is 12.2 Å². The van der Waals surface area contributed by atoms with Crippen molar-refractivity contribution in [2.45, 2.75) is 12.8 Å². The molecule has 0 fully saturated rings. The molecule has 0 heterocycles. The maximum atomic E-state index is 12.0. The van der Waals surface area contributed by atoms with Crippen LogP contribution < -0.4 is 10.1 Å². The molecule has 5 nitrogen and oxygen atoms in total. The molecule has 0 saturated heterocycles. The van der Waals surface area contributed by atoms with Crippen LogP contribution in [0.2, 0.25) is 0 Å². The number of methoxy groups -OCH3 is 1. The quantitative estimate of drug-likeness (QED) is 0.815. The van der Waals surface area contributed by atoms with Gasteiger partial charge in [-0.15, -0.1) is 0 Å². The van der Waals surface area contributed by atoms with Crippen LogP contribution in [-0.4, -0.2) is 24.1 Å². The Labute approximate surface area is 110 Å². The van der Waals surface area contributed by atoms with Crippen LogP contribution in [0.15, 0.2) is 30.4 Å². The van der Waals surface area contributed by atoms with Crippen LogP contribution in [-0.2, 0) is 4.79 Å². The topological polar surface area (TPSA) is 75.6 Å². The van der Waals surface area contributed by atoms with Gasteiger partial charge in [0.05, 0.1) is 18.4 Å². The number of benzene rings is 1. The summed E-state index contributed by atoms with van der Waals surface area (Å²) in [5.74, 6) is -0.918. The van der Waals surface area contributed by atoms with E-state index in [1.54, 1.807) is 12.1 Å². The van der Waals surface area contributed by atoms with E-state index in [4.69, 9.17) is 9.84 Å². The van der Waals surface area contributed by atoms with Crippen molar-refractivity contribution in [3.8, 4) is 5.75 Å². The molecule has 0 bridgehead atoms. The molecule has 0 saturated carbocycles. The Bertz CT molecular complexity index is 528. The minimum atomic E-state index is -1.10. The average Bonchev–Trinajstić information content (AvgIpc) is 2.92. The number of carboxylic acids is 1. The molecule has 100 valence electrons. The highest BCUT2D eigenvalue weighted by Gasteiger charge is 2.21. The van der Waals surface area contributed by atoms with Crippen molar-refractivity contribution in [2.24, 2.45) is 5.92 Å². The van der Waals surface area contributed by atoms with Crippen molar-refractivity contribution >= 4 is 17.6 Å². The molecule has 0 spiro atoms. The van der Waals surface area contributed by atoms with Gasteiger partial charge in [0.2, 0.25) is 5.91 Å². The first-order chi connectivity index (χ1) is 9.11. The third-order valence-corrected chi connectivity index (χ3v) is 3.09. The summed E-state index contributed by atoms with van der Waals surface area (Å²) in [4.78, 5) is 23.1. The molecular weight excluding hydrogens is 246 g/mol. The fourth-order valence-corrected chi connectivity index (χ4v) is 2.00. The fourth-order valence-electron chi connectivity index (χ4n) is 2.00. The van der Waals surface area contributed by atoms with Gasteiger partial charge < -0.3 is 15.2 Å². The van der Waals surface area contributed by atoms with Gasteiger partial charge in [0, 0.05) is 5.92 Å². The van der Waals surface area contributed by atoms with Crippen LogP contribution in [0.3, 0.4) is 0 Å². The van der Waals surface area contributed by atoms with Crippen molar-refractivity contribution in [1.82, 2.24) is 0 Å². The number of anilines is 1. The van der Waals surface area contributed by atoms with E-state index < -0.39 is 5.97 Å². The highest BCUT2D eigenvalue weighted by Crippen LogP contribution is 2.25. The molecule has 1 aromatic rings. The van der Waals surface area contributed by atoms with Gasteiger partial charge >= 0.3 is 5.97 Å². The second kappa shape index (κ2) is 5.56. The van der Waals surface area contributed by atoms with Crippen molar-refractivity contribution in [1.29, 1.82) is 0 Å². The number of hydrogen-bond acceptors (Lipinski definition) is 3. The van der Waals surface area contributed by atoms with Gasteiger partial charge in [-0.2, -0.15) is 0 Å². The zero-order valence-electron chi connectivity index (χ0n) is 10.6. The predicted octanol–water partition coefficient (Wildman–Crippen LogP) is 2.30. The average molecular weight is 261 g/mol. The summed E-state index contributed by atoms with van der Waals surface area (Å²) in [6.07, 6.45) is 5.31. The molecule has 1 aliphatic carbocycles. The number of nitrogens with one attached hydrogen (secondary N) is 1. The first-order valence-corrected chi connectivity index (χ1v) is 5.99. The van der Waals surface area contributed by atoms with E-state index in [1.165, 1.54) is 13.2 Å². The van der Waals surface area contributed by atoms with Crippen LogP contribution in [0, 0.1) is 5.92 Å². The van der Waals surface area contributed by atoms with Crippen LogP contribution >= 0.6 is 0 Å². The van der Waals surface area contributed by atoms with Gasteiger partial charge in [0.15, 0.2) is 0 Å². The number of allylic oxidation sites excluding steroid dienone is 2. The van der Waals surface area contributed by atoms with E-state index in [-0.39, 0.29) is 17.4 Å². The summed E-state index contributed by atoms with van der Waals surface area (Å²) >= 11 is 0. The molecule has 0 atom stereocenters. The van der Waals surface area contributed by atoms with Gasteiger partial charge in [-0.3, -0.25) is 4.79 Å². The lowest BCUT2D eigenvalue weighted by Crippen LogP contribution is -2.22. The monoisotopic (exact) mass is 261 g/mol. The second-order valence-electron chi connectivity index (χ2n) is 4.35. The van der Waals surface area contributed by atoms with E-state index in [2.05, 4.69) is 5.32 Å². The van der Waals surface area contributed by atoms with Gasteiger partial charge in [0.1, 0.15) is 5.75 Å². The maximum Gasteiger partial charge on any atom is 0.337 e. The SMILES string of the molecule is COc1ccc(NC(=O)C2CC=CC2)c(C(=O)O)c1. The standard InChI is InChI=1S/C14H15NO4/c1-19-10-6-7-12(11(8-10)14(17)18)15-13(16)9-4-2-3-5-9/h2-3,6-9H,4-5H2,1H3,(H,15,16)(H,17,18). The molecule has 1 aliphatic rings. The predicted molar refractivity (Wildman–Crippen MR) is 70.4 cm³/mol. The molecule has 0 unspecified atom stereocenters. The molecule has 2 N–H and O–H groups in total. The molecule has 19 heavy (non-hydrogen) atoms. The molecule has 1 amide bonds. The van der Waals surface area contributed by atoms with E-state index in [9.17, 15) is 9.59 Å². The normalized spacial score (nSPS) is 14.4. The smallest absolute Gasteiger partial charge is 0.337 e. The summed E-state index contributed by atoms with van der Waals surface area (Å²) in [5.41, 5.74) is 0.323. The van der Waals surface area contributed by atoms with Crippen LogP contribution in [0.1, 0.15) is 23.2 Å². The van der Waals surface area contributed by atoms with Crippen molar-refractivity contribution < 1.29 is 19.4 Å². The lowest BCUT2D eigenvalue weighted by Gasteiger charge is -2.13. The molecular formula is C14H15NO4. The van der Waals surface area contributed by atoms with Crippen molar-refractivity contribution in [3.05, 3.63) is 35.9 Å². The number of amides is 1. The minimum Gasteiger partial charge on any atom is -0.497 e. The third-order valence-electron chi connectivity index (χ3n) is 3.09. The maximum absolute atomic E-state index is 12.0. The number of rotatable bonds is 4. The van der Waals surface area contributed by atoms with Gasteiger partial charge in [-0.05, 0) is 31.0 Å². The highest BCUT2D eigenvalue weighted by atomic mass is 16.5. The summed E-state index contributed by atoms with van der Waals surface area (Å²) in [6, 6.07) is 4.56. The number of carboxylic acid groups (broad SMARTS) is 1. The van der Waals surface area contributed by atoms with E-state index in [0.29, 0.717) is 24.3 Å². The lowest BCUT2D eigenvalue weighted by molar-refractivity contribution is -0.119. The third kappa shape index (κ3) is 2.93. The Morgan fingerprint density at radius 3 is 2.58 bits per heavy atom. The lowest BCUT2D eigenvalue weighted by atomic mass is 10.1. The van der Waals surface area contributed by atoms with Crippen LogP contribution in [0.4, 0.5) is 5.69 Å². The largest absolute Gasteiger partial charge is 0.497 e. The minimum absolute atomic E-state index is 0.0265. The van der Waals surface area contributed by atoms with Gasteiger partial charge in [-0.25, -0.2) is 4.79 Å². The Morgan fingerprint density at radius 2 is 2.00 bits per heavy atom. The van der Waals surface area contributed by atoms with E-state index >= 15 is 0 Å². The number of carbonyl (C=O) groups excluding carboxylic acids is 1. The van der Waals surface area contributed by atoms with Gasteiger partial charge in [-0.1, -0.05) is 12.2 Å². The molecule has 0 aromatic heterocycles. The molecule has 0 aliphatic heterocycles. The molecule has 1 aromatic carbocycles. The summed E-state index contributed by atoms with van der Waals surface area (Å²) in [5, 5.41) is 11.8. The molecule has 0 radical (unpaired) electrons. The fraction of sp³-hybridized carbons (Fsp3) is 0.286. The summed E-state index contributed by atoms with van der Waals surface area (Å²) < 4.78 is 4.98. The number of aromatic carboxylic acids is 1. The highest BCUT2D eigenvalue weighted by molar-refractivity contribution is 6.01. The Morgan fingerprint density at radius 1 is 1.32 bits per heavy atom. The molecule has 5 heteroatoms. The Kier molecular flexibility index (Phi) is 3.85. The Hall–Kier alpha value is -2.30. The van der Waals surface area contributed by atoms with Crippen molar-refractivity contribution in [2.75, 3.05) is 12.4 Å². The number of ether oxygens (including phenoxy) is 1. The van der Waals surface area contributed by atoms with Crippen molar-refractivity contribution in [3.63, 3.8) is 0 Å². The second-order valence-corrected chi connectivity index (χ2v) is 4.35. The Balaban J connectivity index is 2.19. The van der Waals surface area contributed by atoms with E-state index in [0.717, 1.165) is 0 Å². The molecule has 2 rings (SSSR count). The van der Waals surface area contributed by atoms with Gasteiger partial charge in [0.25, 0.3) is 0 Å². The van der Waals surface area contributed by atoms with Crippen LogP contribution in [0.5, 0.6) is 5.75 Å². The summed E-state index contributed by atoms with van der Waals surface area (Å²) in [6.45, 7) is 0. The first kappa shape index (κ1) is 13.1. The zero-order valence-corrected chi connectivity index (χ0v) is 10.6. The first-order valence-electron chi connectivity index (χ1n) is 5.99. The zero-order chi connectivity index (χ0) is 13.8. The number of carbonyl (C=O) groups is 2. The number of hydrogen-bond donors (Lipinski definition) is 2. The summed E-state index contributed by atoms with van der Waals surface area (Å²) in [7, 11) is 1.46.